The number of benzene rings is 1. The van der Waals surface area contributed by atoms with Crippen molar-refractivity contribution >= 4 is 11.6 Å². The first kappa shape index (κ1) is 17.7. The zero-order chi connectivity index (χ0) is 20.7. The summed E-state index contributed by atoms with van der Waals surface area (Å²) in [6, 6.07) is 11.4. The van der Waals surface area contributed by atoms with Crippen molar-refractivity contribution in [2.24, 2.45) is 0 Å². The molecule has 0 amide bonds. The quantitative estimate of drug-likeness (QED) is 0.434. The minimum atomic E-state index is -0.361. The SMILES string of the molecule is Cc1ocnc1Cn1[nH]c2c(-c3ccnnc3)c(-c3ccccc3)nc(N)[n+]2c1=O. The Hall–Kier alpha value is -4.34. The van der Waals surface area contributed by atoms with E-state index < -0.39 is 0 Å². The number of H-pyrrole nitrogens is 1. The van der Waals surface area contributed by atoms with E-state index in [0.29, 0.717) is 28.4 Å². The Morgan fingerprint density at radius 3 is 2.70 bits per heavy atom. The summed E-state index contributed by atoms with van der Waals surface area (Å²) in [5, 5.41) is 11.0. The molecule has 10 heteroatoms. The molecule has 4 aromatic heterocycles. The predicted octanol–water partition coefficient (Wildman–Crippen LogP) is 1.36. The summed E-state index contributed by atoms with van der Waals surface area (Å²) >= 11 is 0. The van der Waals surface area contributed by atoms with E-state index in [1.54, 1.807) is 19.3 Å². The van der Waals surface area contributed by atoms with E-state index in [0.717, 1.165) is 11.1 Å². The fourth-order valence-corrected chi connectivity index (χ4v) is 3.41. The smallest absolute Gasteiger partial charge is 0.428 e. The lowest BCUT2D eigenvalue weighted by atomic mass is 10.0. The van der Waals surface area contributed by atoms with Gasteiger partial charge < -0.3 is 10.2 Å². The molecule has 0 unspecified atom stereocenters. The summed E-state index contributed by atoms with van der Waals surface area (Å²) in [4.78, 5) is 21.8. The molecule has 0 aliphatic rings. The largest absolute Gasteiger partial charge is 0.448 e. The van der Waals surface area contributed by atoms with Crippen LogP contribution < -0.4 is 15.8 Å². The molecule has 0 aliphatic carbocycles. The van der Waals surface area contributed by atoms with Crippen molar-refractivity contribution in [3.8, 4) is 22.4 Å². The Labute approximate surface area is 169 Å². The van der Waals surface area contributed by atoms with Crippen LogP contribution in [0.3, 0.4) is 0 Å². The highest BCUT2D eigenvalue weighted by atomic mass is 16.3. The van der Waals surface area contributed by atoms with Gasteiger partial charge >= 0.3 is 11.6 Å². The summed E-state index contributed by atoms with van der Waals surface area (Å²) in [7, 11) is 0. The van der Waals surface area contributed by atoms with Crippen LogP contribution in [-0.4, -0.2) is 29.9 Å². The Balaban J connectivity index is 1.82. The topological polar surface area (TPSA) is 133 Å². The number of aryl methyl sites for hydroxylation is 1. The second-order valence-electron chi connectivity index (χ2n) is 6.71. The van der Waals surface area contributed by atoms with Crippen LogP contribution in [0.15, 0.2) is 64.4 Å². The van der Waals surface area contributed by atoms with Gasteiger partial charge in [0.1, 0.15) is 23.7 Å². The minimum Gasteiger partial charge on any atom is -0.448 e. The normalized spacial score (nSPS) is 11.2. The maximum Gasteiger partial charge on any atom is 0.428 e. The van der Waals surface area contributed by atoms with Gasteiger partial charge in [0.25, 0.3) is 0 Å². The highest BCUT2D eigenvalue weighted by molar-refractivity contribution is 5.88. The molecule has 10 nitrogen and oxygen atoms in total. The number of nitrogens with two attached hydrogens (primary N) is 1. The molecule has 3 N–H and O–H groups in total. The predicted molar refractivity (Wildman–Crippen MR) is 107 cm³/mol. The number of nitrogen functional groups attached to an aromatic ring is 1. The number of aromatic amines is 1. The lowest BCUT2D eigenvalue weighted by Gasteiger charge is -2.07. The molecule has 0 radical (unpaired) electrons. The van der Waals surface area contributed by atoms with E-state index in [4.69, 9.17) is 10.2 Å². The van der Waals surface area contributed by atoms with Gasteiger partial charge in [-0.3, -0.25) is 0 Å². The first-order chi connectivity index (χ1) is 14.6. The number of oxazole rings is 1. The maximum atomic E-state index is 13.1. The van der Waals surface area contributed by atoms with Crippen LogP contribution in [0.1, 0.15) is 11.5 Å². The second-order valence-corrected chi connectivity index (χ2v) is 6.71. The monoisotopic (exact) mass is 401 g/mol. The Morgan fingerprint density at radius 1 is 1.17 bits per heavy atom. The zero-order valence-electron chi connectivity index (χ0n) is 16.0. The van der Waals surface area contributed by atoms with Gasteiger partial charge in [0.05, 0.1) is 18.0 Å². The number of nitrogens with one attached hydrogen (secondary N) is 1. The lowest BCUT2D eigenvalue weighted by molar-refractivity contribution is -0.516. The molecular formula is C20H17N8O2+. The molecule has 4 heterocycles. The van der Waals surface area contributed by atoms with Crippen molar-refractivity contribution < 1.29 is 8.82 Å². The molecule has 0 saturated carbocycles. The molecule has 0 fully saturated rings. The molecule has 0 saturated heterocycles. The first-order valence-corrected chi connectivity index (χ1v) is 9.19. The highest BCUT2D eigenvalue weighted by Gasteiger charge is 2.26. The number of nitrogens with zero attached hydrogens (tertiary/aromatic N) is 6. The van der Waals surface area contributed by atoms with Crippen LogP contribution >= 0.6 is 0 Å². The number of hydrogen-bond acceptors (Lipinski definition) is 7. The average Bonchev–Trinajstić information content (AvgIpc) is 3.32. The van der Waals surface area contributed by atoms with Gasteiger partial charge in [0, 0.05) is 11.1 Å². The van der Waals surface area contributed by atoms with Gasteiger partial charge in [0.2, 0.25) is 5.65 Å². The zero-order valence-corrected chi connectivity index (χ0v) is 16.0. The van der Waals surface area contributed by atoms with Crippen LogP contribution in [0, 0.1) is 6.92 Å². The molecule has 0 bridgehead atoms. The molecule has 0 atom stereocenters. The minimum absolute atomic E-state index is 0.0755. The average molecular weight is 401 g/mol. The summed E-state index contributed by atoms with van der Waals surface area (Å²) in [6.45, 7) is 2.00. The Bertz CT molecular complexity index is 1400. The number of aromatic nitrogens is 7. The van der Waals surface area contributed by atoms with E-state index in [1.165, 1.54) is 15.5 Å². The van der Waals surface area contributed by atoms with E-state index in [9.17, 15) is 4.79 Å². The van der Waals surface area contributed by atoms with Crippen molar-refractivity contribution in [3.63, 3.8) is 0 Å². The van der Waals surface area contributed by atoms with Crippen LogP contribution in [-0.2, 0) is 6.54 Å². The van der Waals surface area contributed by atoms with E-state index in [2.05, 4.69) is 25.3 Å². The van der Waals surface area contributed by atoms with Crippen molar-refractivity contribution in [2.45, 2.75) is 13.5 Å². The highest BCUT2D eigenvalue weighted by Crippen LogP contribution is 2.31. The molecule has 1 aromatic carbocycles. The van der Waals surface area contributed by atoms with Gasteiger partial charge in [-0.15, -0.1) is 9.38 Å². The number of hydrogen-bond donors (Lipinski definition) is 2. The lowest BCUT2D eigenvalue weighted by Crippen LogP contribution is -2.44. The third kappa shape index (κ3) is 2.82. The fraction of sp³-hybridized carbons (Fsp3) is 0.100. The van der Waals surface area contributed by atoms with Crippen LogP contribution in [0.4, 0.5) is 5.95 Å². The van der Waals surface area contributed by atoms with Crippen molar-refractivity contribution in [1.82, 2.24) is 29.9 Å². The first-order valence-electron chi connectivity index (χ1n) is 9.19. The van der Waals surface area contributed by atoms with E-state index >= 15 is 0 Å². The van der Waals surface area contributed by atoms with Gasteiger partial charge in [-0.25, -0.2) is 14.9 Å². The summed E-state index contributed by atoms with van der Waals surface area (Å²) in [6.07, 6.45) is 4.56. The third-order valence-corrected chi connectivity index (χ3v) is 4.89. The molecular weight excluding hydrogens is 384 g/mol. The van der Waals surface area contributed by atoms with E-state index in [1.807, 2.05) is 36.4 Å². The molecule has 5 rings (SSSR count). The summed E-state index contributed by atoms with van der Waals surface area (Å²) in [5.41, 5.74) is 9.93. The molecule has 5 aromatic rings. The second kappa shape index (κ2) is 6.92. The molecule has 30 heavy (non-hydrogen) atoms. The number of rotatable bonds is 4. The maximum absolute atomic E-state index is 13.1. The van der Waals surface area contributed by atoms with Crippen molar-refractivity contribution in [2.75, 3.05) is 5.73 Å². The summed E-state index contributed by atoms with van der Waals surface area (Å²) < 4.78 is 8.01. The fourth-order valence-electron chi connectivity index (χ4n) is 3.41. The van der Waals surface area contributed by atoms with Gasteiger partial charge in [-0.05, 0) is 13.0 Å². The van der Waals surface area contributed by atoms with Gasteiger partial charge in [0.15, 0.2) is 6.39 Å². The van der Waals surface area contributed by atoms with Gasteiger partial charge in [-0.1, -0.05) is 30.3 Å². The molecule has 148 valence electrons. The van der Waals surface area contributed by atoms with Crippen LogP contribution in [0.2, 0.25) is 0 Å². The number of fused-ring (bicyclic) bond motifs is 1. The van der Waals surface area contributed by atoms with Crippen LogP contribution in [0.25, 0.3) is 28.0 Å². The summed E-state index contributed by atoms with van der Waals surface area (Å²) in [5.74, 6) is 0.715. The van der Waals surface area contributed by atoms with Crippen molar-refractivity contribution in [1.29, 1.82) is 0 Å². The number of anilines is 1. The molecule has 0 spiro atoms. The van der Waals surface area contributed by atoms with Gasteiger partial charge in [-0.2, -0.15) is 14.9 Å². The van der Waals surface area contributed by atoms with Crippen molar-refractivity contribution in [3.05, 3.63) is 77.1 Å². The standard InChI is InChI=1S/C20H16N8O2/c1-12-15(22-11-30-12)10-27-20(29)28-18(26-27)16(14-7-8-23-24-9-14)17(25-19(28)21)13-5-3-2-4-6-13/h2-9,11H,10H2,1H3,(H2,21,23,25,26)/p+1. The van der Waals surface area contributed by atoms with E-state index in [-0.39, 0.29) is 18.2 Å². The molecule has 0 aliphatic heterocycles. The Morgan fingerprint density at radius 2 is 2.00 bits per heavy atom. The van der Waals surface area contributed by atoms with Crippen LogP contribution in [0.5, 0.6) is 0 Å². The third-order valence-electron chi connectivity index (χ3n) is 4.89. The Kier molecular flexibility index (Phi) is 4.09.